The van der Waals surface area contributed by atoms with Gasteiger partial charge in [-0.3, -0.25) is 0 Å². The summed E-state index contributed by atoms with van der Waals surface area (Å²) in [6.07, 6.45) is 1.72. The predicted molar refractivity (Wildman–Crippen MR) is 112 cm³/mol. The van der Waals surface area contributed by atoms with Crippen LogP contribution in [-0.4, -0.2) is 32.1 Å². The first-order valence-corrected chi connectivity index (χ1v) is 10.1. The quantitative estimate of drug-likeness (QED) is 0.632. The zero-order chi connectivity index (χ0) is 20.7. The summed E-state index contributed by atoms with van der Waals surface area (Å²) in [5.41, 5.74) is 0.359. The Morgan fingerprint density at radius 2 is 1.71 bits per heavy atom. The molecule has 1 aliphatic heterocycles. The summed E-state index contributed by atoms with van der Waals surface area (Å²) in [5.74, 6) is 0.131. The summed E-state index contributed by atoms with van der Waals surface area (Å²) in [6.45, 7) is 8.61. The van der Waals surface area contributed by atoms with Gasteiger partial charge in [-0.1, -0.05) is 46.9 Å². The Morgan fingerprint density at radius 3 is 2.29 bits per heavy atom. The van der Waals surface area contributed by atoms with Crippen LogP contribution < -0.4 is 10.6 Å². The molecule has 1 saturated heterocycles. The first-order valence-electron chi connectivity index (χ1n) is 8.98. The molecule has 152 valence electrons. The van der Waals surface area contributed by atoms with Crippen LogP contribution in [0.4, 0.5) is 10.3 Å². The van der Waals surface area contributed by atoms with Crippen LogP contribution in [-0.2, 0) is 3.79 Å². The van der Waals surface area contributed by atoms with E-state index in [0.29, 0.717) is 11.5 Å². The number of hydrogen-bond donors (Lipinski definition) is 2. The molecule has 0 spiro atoms. The fourth-order valence-corrected chi connectivity index (χ4v) is 4.18. The number of hydrogen-bond acceptors (Lipinski definition) is 5. The molecule has 1 aromatic carbocycles. The minimum absolute atomic E-state index is 0.0123. The van der Waals surface area contributed by atoms with E-state index in [2.05, 4.69) is 53.3 Å². The van der Waals surface area contributed by atoms with Gasteiger partial charge >= 0.3 is 0 Å². The van der Waals surface area contributed by atoms with E-state index >= 15 is 0 Å². The highest BCUT2D eigenvalue weighted by atomic mass is 35.6. The molecule has 5 nitrogen and oxygen atoms in total. The van der Waals surface area contributed by atoms with Crippen molar-refractivity contribution in [2.75, 3.05) is 5.32 Å². The summed E-state index contributed by atoms with van der Waals surface area (Å²) < 4.78 is 11.8. The number of alkyl halides is 3. The minimum Gasteiger partial charge on any atom is -0.351 e. The fourth-order valence-electron chi connectivity index (χ4n) is 3.93. The SMILES string of the molecule is CC1(C)CC(Nc2nc(-c3cccc(F)c3)nc(C(Cl)(Cl)Cl)n2)CC(C)(C)N1. The number of halogens is 4. The Bertz CT molecular complexity index is 851. The molecule has 28 heavy (non-hydrogen) atoms. The maximum atomic E-state index is 13.7. The summed E-state index contributed by atoms with van der Waals surface area (Å²) in [4.78, 5) is 13.0. The third-order valence-electron chi connectivity index (χ3n) is 4.50. The molecular formula is C19H23Cl3FN5. The average molecular weight is 447 g/mol. The van der Waals surface area contributed by atoms with Crippen LogP contribution in [0.3, 0.4) is 0 Å². The molecule has 1 aromatic heterocycles. The third kappa shape index (κ3) is 5.44. The molecular weight excluding hydrogens is 424 g/mol. The van der Waals surface area contributed by atoms with Gasteiger partial charge in [0.1, 0.15) is 5.82 Å². The van der Waals surface area contributed by atoms with Gasteiger partial charge in [0.25, 0.3) is 0 Å². The van der Waals surface area contributed by atoms with Gasteiger partial charge in [-0.2, -0.15) is 9.97 Å². The van der Waals surface area contributed by atoms with E-state index < -0.39 is 9.61 Å². The van der Waals surface area contributed by atoms with Crippen molar-refractivity contribution in [1.29, 1.82) is 0 Å². The van der Waals surface area contributed by atoms with E-state index in [9.17, 15) is 4.39 Å². The van der Waals surface area contributed by atoms with Gasteiger partial charge < -0.3 is 10.6 Å². The molecule has 0 saturated carbocycles. The second-order valence-electron chi connectivity index (χ2n) is 8.46. The van der Waals surface area contributed by atoms with Gasteiger partial charge in [0.15, 0.2) is 11.6 Å². The van der Waals surface area contributed by atoms with Crippen LogP contribution in [0.25, 0.3) is 11.4 Å². The second-order valence-corrected chi connectivity index (χ2v) is 10.7. The minimum atomic E-state index is -1.83. The van der Waals surface area contributed by atoms with E-state index in [0.717, 1.165) is 12.8 Å². The van der Waals surface area contributed by atoms with Crippen molar-refractivity contribution in [2.24, 2.45) is 0 Å². The number of nitrogens with zero attached hydrogens (tertiary/aromatic N) is 3. The summed E-state index contributed by atoms with van der Waals surface area (Å²) in [5, 5.41) is 6.99. The van der Waals surface area contributed by atoms with Crippen molar-refractivity contribution in [3.05, 3.63) is 35.9 Å². The number of piperidine rings is 1. The van der Waals surface area contributed by atoms with Crippen LogP contribution in [0.5, 0.6) is 0 Å². The molecule has 2 N–H and O–H groups in total. The standard InChI is InChI=1S/C19H23Cl3FN5/c1-17(2)9-13(10-18(3,4)28-17)24-16-26-14(11-6-5-7-12(23)8-11)25-15(27-16)19(20,21)22/h5-8,13,28H,9-10H2,1-4H3,(H,24,25,26,27). The van der Waals surface area contributed by atoms with Crippen molar-refractivity contribution in [2.45, 2.75) is 61.4 Å². The van der Waals surface area contributed by atoms with Crippen molar-refractivity contribution >= 4 is 40.8 Å². The molecule has 0 atom stereocenters. The van der Waals surface area contributed by atoms with Gasteiger partial charge in [0.05, 0.1) is 0 Å². The third-order valence-corrected chi connectivity index (χ3v) is 5.00. The zero-order valence-electron chi connectivity index (χ0n) is 16.2. The molecule has 2 heterocycles. The summed E-state index contributed by atoms with van der Waals surface area (Å²) in [7, 11) is 0. The molecule has 9 heteroatoms. The van der Waals surface area contributed by atoms with Gasteiger partial charge in [-0.05, 0) is 52.7 Å². The van der Waals surface area contributed by atoms with E-state index in [1.165, 1.54) is 12.1 Å². The molecule has 3 rings (SSSR count). The van der Waals surface area contributed by atoms with Crippen molar-refractivity contribution < 1.29 is 4.39 Å². The highest BCUT2D eigenvalue weighted by Crippen LogP contribution is 2.37. The van der Waals surface area contributed by atoms with Gasteiger partial charge in [-0.15, -0.1) is 0 Å². The lowest BCUT2D eigenvalue weighted by Gasteiger charge is -2.46. The normalized spacial score (nSPS) is 19.4. The maximum Gasteiger partial charge on any atom is 0.250 e. The van der Waals surface area contributed by atoms with Gasteiger partial charge in [-0.25, -0.2) is 9.37 Å². The lowest BCUT2D eigenvalue weighted by atomic mass is 9.80. The van der Waals surface area contributed by atoms with E-state index in [-0.39, 0.29) is 28.8 Å². The molecule has 0 aliphatic carbocycles. The Labute approximate surface area is 179 Å². The number of anilines is 1. The smallest absolute Gasteiger partial charge is 0.250 e. The molecule has 1 aliphatic rings. The van der Waals surface area contributed by atoms with Crippen LogP contribution in [0.15, 0.2) is 24.3 Å². The van der Waals surface area contributed by atoms with Crippen LogP contribution in [0.1, 0.15) is 46.4 Å². The Kier molecular flexibility index (Phi) is 5.80. The van der Waals surface area contributed by atoms with E-state index in [1.54, 1.807) is 12.1 Å². The van der Waals surface area contributed by atoms with Gasteiger partial charge in [0.2, 0.25) is 9.74 Å². The monoisotopic (exact) mass is 445 g/mol. The molecule has 0 unspecified atom stereocenters. The first-order chi connectivity index (χ1) is 12.8. The summed E-state index contributed by atoms with van der Waals surface area (Å²) >= 11 is 18.1. The lowest BCUT2D eigenvalue weighted by Crippen LogP contribution is -2.60. The number of benzene rings is 1. The van der Waals surface area contributed by atoms with E-state index in [1.807, 2.05) is 0 Å². The molecule has 2 aromatic rings. The number of nitrogens with one attached hydrogen (secondary N) is 2. The molecule has 0 amide bonds. The highest BCUT2D eigenvalue weighted by molar-refractivity contribution is 6.66. The Morgan fingerprint density at radius 1 is 1.07 bits per heavy atom. The lowest BCUT2D eigenvalue weighted by molar-refractivity contribution is 0.170. The maximum absolute atomic E-state index is 13.7. The average Bonchev–Trinajstić information content (AvgIpc) is 2.50. The summed E-state index contributed by atoms with van der Waals surface area (Å²) in [6, 6.07) is 6.06. The number of rotatable bonds is 3. The predicted octanol–water partition coefficient (Wildman–Crippen LogP) is 5.23. The molecule has 1 fully saturated rings. The first kappa shape index (κ1) is 21.5. The Balaban J connectivity index is 1.97. The van der Waals surface area contributed by atoms with Crippen molar-refractivity contribution in [3.8, 4) is 11.4 Å². The number of aromatic nitrogens is 3. The fraction of sp³-hybridized carbons (Fsp3) is 0.526. The Hall–Kier alpha value is -1.21. The van der Waals surface area contributed by atoms with Crippen LogP contribution in [0.2, 0.25) is 0 Å². The highest BCUT2D eigenvalue weighted by Gasteiger charge is 2.38. The van der Waals surface area contributed by atoms with Gasteiger partial charge in [0, 0.05) is 22.7 Å². The van der Waals surface area contributed by atoms with Crippen LogP contribution >= 0.6 is 34.8 Å². The largest absolute Gasteiger partial charge is 0.351 e. The zero-order valence-corrected chi connectivity index (χ0v) is 18.4. The molecule has 0 bridgehead atoms. The topological polar surface area (TPSA) is 62.7 Å². The van der Waals surface area contributed by atoms with Crippen molar-refractivity contribution in [3.63, 3.8) is 0 Å². The van der Waals surface area contributed by atoms with Crippen molar-refractivity contribution in [1.82, 2.24) is 20.3 Å². The van der Waals surface area contributed by atoms with Crippen LogP contribution in [0, 0.1) is 5.82 Å². The molecule has 0 radical (unpaired) electrons. The van der Waals surface area contributed by atoms with E-state index in [4.69, 9.17) is 34.8 Å². The second kappa shape index (κ2) is 7.56.